The summed E-state index contributed by atoms with van der Waals surface area (Å²) in [5.74, 6) is 0.593. The third-order valence-electron chi connectivity index (χ3n) is 6.02. The number of likely N-dealkylation sites (tertiary alicyclic amines) is 1. The first-order valence-corrected chi connectivity index (χ1v) is 10.6. The van der Waals surface area contributed by atoms with Gasteiger partial charge in [0.15, 0.2) is 0 Å². The van der Waals surface area contributed by atoms with Crippen LogP contribution in [0.25, 0.3) is 11.3 Å². The van der Waals surface area contributed by atoms with E-state index < -0.39 is 0 Å². The lowest BCUT2D eigenvalue weighted by Crippen LogP contribution is -2.33. The molecule has 1 aromatic heterocycles. The molecule has 2 aromatic carbocycles. The molecule has 164 valence electrons. The van der Waals surface area contributed by atoms with E-state index in [9.17, 15) is 14.3 Å². The van der Waals surface area contributed by atoms with Crippen molar-refractivity contribution in [3.8, 4) is 17.1 Å². The number of ether oxygens (including phenoxy) is 2. The Morgan fingerprint density at radius 1 is 1.03 bits per heavy atom. The highest BCUT2D eigenvalue weighted by molar-refractivity contribution is 5.68. The number of carbonyl (C=O) groups excluding carboxylic acids is 1. The van der Waals surface area contributed by atoms with Crippen LogP contribution in [-0.2, 0) is 18.0 Å². The highest BCUT2D eigenvalue weighted by Crippen LogP contribution is 2.48. The first-order valence-electron chi connectivity index (χ1n) is 10.6. The number of aliphatic hydroxyl groups excluding tert-OH is 1. The van der Waals surface area contributed by atoms with E-state index in [4.69, 9.17) is 9.47 Å². The fourth-order valence-electron chi connectivity index (χ4n) is 4.23. The van der Waals surface area contributed by atoms with Crippen molar-refractivity contribution in [3.63, 3.8) is 0 Å². The molecule has 2 fully saturated rings. The molecule has 2 aliphatic rings. The number of aliphatic hydroxyl groups is 1. The number of benzene rings is 2. The van der Waals surface area contributed by atoms with Crippen LogP contribution in [0.5, 0.6) is 5.88 Å². The quantitative estimate of drug-likeness (QED) is 0.634. The van der Waals surface area contributed by atoms with Crippen molar-refractivity contribution in [1.82, 2.24) is 9.88 Å². The van der Waals surface area contributed by atoms with E-state index in [0.29, 0.717) is 30.2 Å². The molecule has 3 aromatic rings. The van der Waals surface area contributed by atoms with Gasteiger partial charge in [-0.25, -0.2) is 14.2 Å². The number of hydrogen-bond donors (Lipinski definition) is 1. The van der Waals surface area contributed by atoms with E-state index in [0.717, 1.165) is 11.1 Å². The zero-order valence-electron chi connectivity index (χ0n) is 17.4. The van der Waals surface area contributed by atoms with Gasteiger partial charge in [-0.3, -0.25) is 0 Å². The SMILES string of the molecule is O=C(OCc1ccccc1)N1CC2C(C1)C2Oc1cc(CO)cc(-c2ccc(F)cc2)n1. The Labute approximate surface area is 185 Å². The minimum Gasteiger partial charge on any atom is -0.474 e. The maximum atomic E-state index is 13.2. The van der Waals surface area contributed by atoms with Crippen LogP contribution in [0.4, 0.5) is 9.18 Å². The fraction of sp³-hybridized carbons (Fsp3) is 0.280. The van der Waals surface area contributed by atoms with Gasteiger partial charge in [-0.15, -0.1) is 0 Å². The molecule has 2 atom stereocenters. The molecular formula is C25H23FN2O4. The van der Waals surface area contributed by atoms with Crippen LogP contribution < -0.4 is 4.74 Å². The number of nitrogens with zero attached hydrogens (tertiary/aromatic N) is 2. The van der Waals surface area contributed by atoms with E-state index in [1.165, 1.54) is 12.1 Å². The number of hydrogen-bond acceptors (Lipinski definition) is 5. The zero-order valence-corrected chi connectivity index (χ0v) is 17.4. The Morgan fingerprint density at radius 3 is 2.44 bits per heavy atom. The standard InChI is InChI=1S/C25H23FN2O4/c26-19-8-6-18(7-9-19)22-10-17(14-29)11-23(27-22)32-24-20-12-28(13-21(20)24)25(30)31-15-16-4-2-1-3-5-16/h1-11,20-21,24,29H,12-15H2. The van der Waals surface area contributed by atoms with E-state index in [2.05, 4.69) is 4.98 Å². The van der Waals surface area contributed by atoms with Gasteiger partial charge in [-0.05, 0) is 41.5 Å². The largest absolute Gasteiger partial charge is 0.474 e. The van der Waals surface area contributed by atoms with Gasteiger partial charge >= 0.3 is 6.09 Å². The summed E-state index contributed by atoms with van der Waals surface area (Å²) in [6.07, 6.45) is -0.325. The molecule has 0 radical (unpaired) electrons. The average molecular weight is 434 g/mol. The highest BCUT2D eigenvalue weighted by atomic mass is 19.1. The topological polar surface area (TPSA) is 71.9 Å². The normalized spacial score (nSPS) is 21.2. The van der Waals surface area contributed by atoms with E-state index in [-0.39, 0.29) is 43.1 Å². The third kappa shape index (κ3) is 4.29. The minimum atomic E-state index is -0.318. The van der Waals surface area contributed by atoms with Crippen LogP contribution in [0.1, 0.15) is 11.1 Å². The van der Waals surface area contributed by atoms with Crippen LogP contribution >= 0.6 is 0 Å². The number of carbonyl (C=O) groups is 1. The molecule has 2 unspecified atom stereocenters. The molecule has 1 aliphatic heterocycles. The zero-order chi connectivity index (χ0) is 22.1. The predicted octanol–water partition coefficient (Wildman–Crippen LogP) is 4.03. The summed E-state index contributed by atoms with van der Waals surface area (Å²) >= 11 is 0. The van der Waals surface area contributed by atoms with Crippen molar-refractivity contribution in [2.24, 2.45) is 11.8 Å². The maximum absolute atomic E-state index is 13.2. The molecule has 2 heterocycles. The van der Waals surface area contributed by atoms with Gasteiger partial charge in [0.25, 0.3) is 0 Å². The molecule has 0 spiro atoms. The first-order chi connectivity index (χ1) is 15.6. The molecule has 1 saturated heterocycles. The van der Waals surface area contributed by atoms with E-state index in [1.54, 1.807) is 29.2 Å². The van der Waals surface area contributed by atoms with Gasteiger partial charge in [-0.2, -0.15) is 0 Å². The highest BCUT2D eigenvalue weighted by Gasteiger charge is 2.59. The molecule has 32 heavy (non-hydrogen) atoms. The lowest BCUT2D eigenvalue weighted by atomic mass is 10.1. The molecular weight excluding hydrogens is 411 g/mol. The number of aromatic nitrogens is 1. The Balaban J connectivity index is 1.19. The van der Waals surface area contributed by atoms with Crippen molar-refractivity contribution < 1.29 is 23.8 Å². The van der Waals surface area contributed by atoms with Gasteiger partial charge in [0, 0.05) is 36.6 Å². The fourth-order valence-corrected chi connectivity index (χ4v) is 4.23. The van der Waals surface area contributed by atoms with Gasteiger partial charge < -0.3 is 19.5 Å². The van der Waals surface area contributed by atoms with E-state index in [1.807, 2.05) is 30.3 Å². The van der Waals surface area contributed by atoms with Crippen LogP contribution in [0.2, 0.25) is 0 Å². The predicted molar refractivity (Wildman–Crippen MR) is 115 cm³/mol. The second kappa shape index (κ2) is 8.59. The summed E-state index contributed by atoms with van der Waals surface area (Å²) in [6, 6.07) is 19.1. The number of rotatable bonds is 6. The molecule has 1 aliphatic carbocycles. The third-order valence-corrected chi connectivity index (χ3v) is 6.02. The second-order valence-corrected chi connectivity index (χ2v) is 8.22. The van der Waals surface area contributed by atoms with Crippen molar-refractivity contribution in [2.45, 2.75) is 19.3 Å². The minimum absolute atomic E-state index is 0.0179. The van der Waals surface area contributed by atoms with Gasteiger partial charge in [-0.1, -0.05) is 30.3 Å². The van der Waals surface area contributed by atoms with Crippen molar-refractivity contribution in [1.29, 1.82) is 0 Å². The van der Waals surface area contributed by atoms with E-state index >= 15 is 0 Å². The molecule has 1 N–H and O–H groups in total. The Morgan fingerprint density at radius 2 is 1.75 bits per heavy atom. The lowest BCUT2D eigenvalue weighted by molar-refractivity contribution is 0.0945. The molecule has 6 nitrogen and oxygen atoms in total. The average Bonchev–Trinajstić information content (AvgIpc) is 3.25. The molecule has 0 bridgehead atoms. The molecule has 1 saturated carbocycles. The maximum Gasteiger partial charge on any atom is 0.410 e. The Hall–Kier alpha value is -3.45. The smallest absolute Gasteiger partial charge is 0.410 e. The van der Waals surface area contributed by atoms with Gasteiger partial charge in [0.2, 0.25) is 5.88 Å². The monoisotopic (exact) mass is 434 g/mol. The molecule has 1 amide bonds. The summed E-state index contributed by atoms with van der Waals surface area (Å²) in [4.78, 5) is 18.6. The van der Waals surface area contributed by atoms with Gasteiger partial charge in [0.05, 0.1) is 12.3 Å². The summed E-state index contributed by atoms with van der Waals surface area (Å²) in [5, 5.41) is 9.62. The Bertz CT molecular complexity index is 1090. The summed E-state index contributed by atoms with van der Waals surface area (Å²) in [5.41, 5.74) is 2.99. The molecule has 7 heteroatoms. The van der Waals surface area contributed by atoms with Crippen molar-refractivity contribution >= 4 is 6.09 Å². The van der Waals surface area contributed by atoms with Gasteiger partial charge in [0.1, 0.15) is 18.5 Å². The first kappa shape index (κ1) is 20.5. The summed E-state index contributed by atoms with van der Waals surface area (Å²) < 4.78 is 24.8. The Kier molecular flexibility index (Phi) is 5.49. The lowest BCUT2D eigenvalue weighted by Gasteiger charge is -2.20. The van der Waals surface area contributed by atoms with Crippen LogP contribution in [-0.4, -0.2) is 40.3 Å². The number of fused-ring (bicyclic) bond motifs is 1. The summed E-state index contributed by atoms with van der Waals surface area (Å²) in [6.45, 7) is 1.29. The number of pyridine rings is 1. The van der Waals surface area contributed by atoms with Crippen molar-refractivity contribution in [2.75, 3.05) is 13.1 Å². The molecule has 5 rings (SSSR count). The summed E-state index contributed by atoms with van der Waals surface area (Å²) in [7, 11) is 0. The number of amides is 1. The van der Waals surface area contributed by atoms with Crippen LogP contribution in [0.15, 0.2) is 66.7 Å². The number of halogens is 1. The van der Waals surface area contributed by atoms with Crippen LogP contribution in [0, 0.1) is 17.7 Å². The second-order valence-electron chi connectivity index (χ2n) is 8.22. The number of piperidine rings is 1. The van der Waals surface area contributed by atoms with Crippen molar-refractivity contribution in [3.05, 3.63) is 83.7 Å². The van der Waals surface area contributed by atoms with Crippen LogP contribution in [0.3, 0.4) is 0 Å².